The van der Waals surface area contributed by atoms with Gasteiger partial charge in [0.15, 0.2) is 0 Å². The Hall–Kier alpha value is -3.21. The highest BCUT2D eigenvalue weighted by Crippen LogP contribution is 2.48. The van der Waals surface area contributed by atoms with Crippen molar-refractivity contribution < 1.29 is 24.2 Å². The van der Waals surface area contributed by atoms with Crippen LogP contribution in [0.4, 0.5) is 0 Å². The van der Waals surface area contributed by atoms with Gasteiger partial charge in [0.2, 0.25) is 17.5 Å². The molecule has 2 aromatic rings. The quantitative estimate of drug-likeness (QED) is 0.537. The average molecular weight is 548 g/mol. The Kier molecular flexibility index (Phi) is 5.56. The first kappa shape index (κ1) is 25.7. The molecule has 10 heteroatoms. The second-order valence-electron chi connectivity index (χ2n) is 12.4. The number of H-pyrrole nitrogens is 1. The molecule has 40 heavy (non-hydrogen) atoms. The molecule has 10 nitrogen and oxygen atoms in total. The van der Waals surface area contributed by atoms with Gasteiger partial charge in [-0.05, 0) is 55.5 Å². The van der Waals surface area contributed by atoms with Gasteiger partial charge in [-0.25, -0.2) is 0 Å². The molecule has 4 aliphatic heterocycles. The lowest BCUT2D eigenvalue weighted by Crippen LogP contribution is -2.71. The van der Waals surface area contributed by atoms with E-state index in [4.69, 9.17) is 4.74 Å². The van der Waals surface area contributed by atoms with E-state index in [1.165, 1.54) is 15.8 Å². The molecule has 0 radical (unpaired) electrons. The first-order chi connectivity index (χ1) is 19.1. The summed E-state index contributed by atoms with van der Waals surface area (Å²) in [6, 6.07) is 4.85. The number of likely N-dealkylation sites (N-methyl/N-ethyl adjacent to an activating group) is 1. The van der Waals surface area contributed by atoms with Crippen molar-refractivity contribution in [1.82, 2.24) is 25.0 Å². The molecule has 1 aromatic heterocycles. The van der Waals surface area contributed by atoms with E-state index in [1.54, 1.807) is 18.7 Å². The van der Waals surface area contributed by atoms with Crippen LogP contribution in [0, 0.1) is 11.8 Å². The summed E-state index contributed by atoms with van der Waals surface area (Å²) in [5, 5.41) is 16.1. The summed E-state index contributed by atoms with van der Waals surface area (Å²) >= 11 is 0. The summed E-state index contributed by atoms with van der Waals surface area (Å²) in [5.74, 6) is -4.07. The number of amides is 3. The number of carbonyl (C=O) groups excluding carboxylic acids is 3. The SMILES string of the molecule is CCC1C(=O)N2CCCC2C2(O)OC(NC(=O)C3C=C4c5cccc6[nH]cc(c56)CC4N(C)C3)(C(C)C)C(=O)N12. The molecule has 1 aromatic carbocycles. The molecule has 5 heterocycles. The van der Waals surface area contributed by atoms with Crippen LogP contribution in [0.2, 0.25) is 0 Å². The number of hydrogen-bond donors (Lipinski definition) is 3. The van der Waals surface area contributed by atoms with Gasteiger partial charge in [-0.3, -0.25) is 28.9 Å². The summed E-state index contributed by atoms with van der Waals surface area (Å²) in [6.45, 7) is 6.42. The fraction of sp³-hybridized carbons (Fsp3) is 0.567. The second kappa shape index (κ2) is 8.64. The predicted octanol–water partition coefficient (Wildman–Crippen LogP) is 1.79. The van der Waals surface area contributed by atoms with Crippen LogP contribution in [0.15, 0.2) is 30.5 Å². The van der Waals surface area contributed by atoms with Gasteiger partial charge >= 0.3 is 0 Å². The lowest BCUT2D eigenvalue weighted by Gasteiger charge is -2.48. The van der Waals surface area contributed by atoms with Crippen LogP contribution in [-0.2, 0) is 25.5 Å². The molecule has 6 unspecified atom stereocenters. The Balaban J connectivity index is 1.24. The number of aromatic nitrogens is 1. The highest BCUT2D eigenvalue weighted by molar-refractivity contribution is 6.01. The van der Waals surface area contributed by atoms with E-state index in [-0.39, 0.29) is 17.9 Å². The summed E-state index contributed by atoms with van der Waals surface area (Å²) in [4.78, 5) is 49.9. The van der Waals surface area contributed by atoms with E-state index in [0.717, 1.165) is 29.5 Å². The number of benzene rings is 1. The minimum absolute atomic E-state index is 0.153. The van der Waals surface area contributed by atoms with Gasteiger partial charge in [-0.15, -0.1) is 0 Å². The summed E-state index contributed by atoms with van der Waals surface area (Å²) in [7, 11) is 2.03. The van der Waals surface area contributed by atoms with E-state index in [1.807, 2.05) is 26.1 Å². The molecule has 1 aliphatic carbocycles. The lowest BCUT2D eigenvalue weighted by atomic mass is 9.79. The van der Waals surface area contributed by atoms with Crippen molar-refractivity contribution in [2.24, 2.45) is 11.8 Å². The van der Waals surface area contributed by atoms with E-state index in [9.17, 15) is 19.5 Å². The zero-order valence-corrected chi connectivity index (χ0v) is 23.4. The number of fused-ring (bicyclic) bond motifs is 5. The van der Waals surface area contributed by atoms with Crippen LogP contribution in [0.5, 0.6) is 0 Å². The smallest absolute Gasteiger partial charge is 0.281 e. The molecule has 6 atom stereocenters. The topological polar surface area (TPSA) is 118 Å². The molecule has 5 aliphatic rings. The molecule has 7 rings (SSSR count). The first-order valence-electron chi connectivity index (χ1n) is 14.5. The van der Waals surface area contributed by atoms with Gasteiger partial charge in [-0.2, -0.15) is 0 Å². The van der Waals surface area contributed by atoms with Crippen molar-refractivity contribution in [3.8, 4) is 0 Å². The van der Waals surface area contributed by atoms with Crippen molar-refractivity contribution >= 4 is 34.2 Å². The molecule has 3 fully saturated rings. The Morgan fingerprint density at radius 3 is 2.85 bits per heavy atom. The minimum Gasteiger partial charge on any atom is -0.361 e. The van der Waals surface area contributed by atoms with Crippen LogP contribution < -0.4 is 5.32 Å². The van der Waals surface area contributed by atoms with Crippen molar-refractivity contribution in [3.63, 3.8) is 0 Å². The standard InChI is InChI=1S/C30H37N5O5/c1-5-22-27(37)34-11-7-10-24(34)30(39)35(22)28(38)29(40-30,16(2)3)32-26(36)18-12-20-19-8-6-9-21-25(19)17(14-31-21)13-23(20)33(4)15-18/h6,8-9,12,14,16,18,22-24,31,39H,5,7,10-11,13,15H2,1-4H3,(H,32,36). The molecule has 0 saturated carbocycles. The third-order valence-electron chi connectivity index (χ3n) is 9.87. The highest BCUT2D eigenvalue weighted by atomic mass is 16.7. The number of nitrogens with one attached hydrogen (secondary N) is 2. The molecule has 0 spiro atoms. The number of rotatable bonds is 4. The second-order valence-corrected chi connectivity index (χ2v) is 12.4. The van der Waals surface area contributed by atoms with Crippen LogP contribution in [0.25, 0.3) is 16.5 Å². The summed E-state index contributed by atoms with van der Waals surface area (Å²) < 4.78 is 6.35. The van der Waals surface area contributed by atoms with Crippen molar-refractivity contribution in [2.75, 3.05) is 20.1 Å². The van der Waals surface area contributed by atoms with E-state index >= 15 is 0 Å². The van der Waals surface area contributed by atoms with Crippen LogP contribution in [0.3, 0.4) is 0 Å². The third-order valence-corrected chi connectivity index (χ3v) is 9.87. The number of ether oxygens (including phenoxy) is 1. The van der Waals surface area contributed by atoms with Gasteiger partial charge in [0.1, 0.15) is 12.1 Å². The lowest BCUT2D eigenvalue weighted by molar-refractivity contribution is -0.321. The Morgan fingerprint density at radius 2 is 2.10 bits per heavy atom. The molecular formula is C30H37N5O5. The van der Waals surface area contributed by atoms with Crippen molar-refractivity contribution in [1.29, 1.82) is 0 Å². The van der Waals surface area contributed by atoms with Gasteiger partial charge < -0.3 is 20.3 Å². The fourth-order valence-electron chi connectivity index (χ4n) is 7.81. The number of piperazine rings is 1. The normalized spacial score (nSPS) is 35.2. The molecule has 0 bridgehead atoms. The Morgan fingerprint density at radius 1 is 1.30 bits per heavy atom. The van der Waals surface area contributed by atoms with Crippen molar-refractivity contribution in [3.05, 3.63) is 41.6 Å². The number of aromatic amines is 1. The predicted molar refractivity (Wildman–Crippen MR) is 147 cm³/mol. The fourth-order valence-corrected chi connectivity index (χ4v) is 7.81. The number of aliphatic hydroxyl groups is 1. The average Bonchev–Trinajstić information content (AvgIpc) is 3.64. The Labute approximate surface area is 233 Å². The van der Waals surface area contributed by atoms with Gasteiger partial charge in [0, 0.05) is 42.1 Å². The molecule has 3 N–H and O–H groups in total. The molecule has 3 amide bonds. The van der Waals surface area contributed by atoms with Gasteiger partial charge in [-0.1, -0.05) is 39.0 Å². The first-order valence-corrected chi connectivity index (χ1v) is 14.5. The van der Waals surface area contributed by atoms with Crippen molar-refractivity contribution in [2.45, 2.75) is 76.2 Å². The number of carbonyl (C=O) groups is 3. The van der Waals surface area contributed by atoms with Gasteiger partial charge in [0.05, 0.1) is 5.92 Å². The molecular weight excluding hydrogens is 510 g/mol. The van der Waals surface area contributed by atoms with Crippen LogP contribution >= 0.6 is 0 Å². The van der Waals surface area contributed by atoms with E-state index in [2.05, 4.69) is 33.5 Å². The van der Waals surface area contributed by atoms with E-state index in [0.29, 0.717) is 25.9 Å². The summed E-state index contributed by atoms with van der Waals surface area (Å²) in [5.41, 5.74) is 2.80. The largest absolute Gasteiger partial charge is 0.361 e. The van der Waals surface area contributed by atoms with Crippen LogP contribution in [-0.4, -0.2) is 92.4 Å². The zero-order chi connectivity index (χ0) is 28.1. The van der Waals surface area contributed by atoms with Gasteiger partial charge in [0.25, 0.3) is 11.8 Å². The maximum atomic E-state index is 14.2. The number of nitrogens with zero attached hydrogens (tertiary/aromatic N) is 3. The maximum absolute atomic E-state index is 14.2. The zero-order valence-electron chi connectivity index (χ0n) is 23.4. The molecule has 3 saturated heterocycles. The number of hydrogen-bond acceptors (Lipinski definition) is 6. The highest BCUT2D eigenvalue weighted by Gasteiger charge is 2.71. The van der Waals surface area contributed by atoms with E-state index < -0.39 is 41.5 Å². The minimum atomic E-state index is -1.99. The molecule has 212 valence electrons. The monoisotopic (exact) mass is 547 g/mol. The summed E-state index contributed by atoms with van der Waals surface area (Å²) in [6.07, 6.45) is 6.56. The third kappa shape index (κ3) is 3.24. The van der Waals surface area contributed by atoms with Crippen LogP contribution in [0.1, 0.15) is 51.2 Å². The Bertz CT molecular complexity index is 1470. The maximum Gasteiger partial charge on any atom is 0.281 e.